The van der Waals surface area contributed by atoms with E-state index in [4.69, 9.17) is 0 Å². The van der Waals surface area contributed by atoms with Gasteiger partial charge in [-0.15, -0.1) is 0 Å². The number of halogens is 1. The zero-order valence-corrected chi connectivity index (χ0v) is 14.9. The first-order valence-electron chi connectivity index (χ1n) is 7.11. The average molecular weight is 348 g/mol. The Morgan fingerprint density at radius 1 is 1.10 bits per heavy atom. The molecule has 0 bridgehead atoms. The van der Waals surface area contributed by atoms with Crippen molar-refractivity contribution in [1.29, 1.82) is 0 Å². The van der Waals surface area contributed by atoms with Gasteiger partial charge >= 0.3 is 0 Å². The molecule has 1 N–H and O–H groups in total. The van der Waals surface area contributed by atoms with Crippen molar-refractivity contribution in [2.75, 3.05) is 0 Å². The highest BCUT2D eigenvalue weighted by Gasteiger charge is 2.11. The predicted octanol–water partition coefficient (Wildman–Crippen LogP) is 4.41. The standard InChI is InChI=1S/C17H22BrN3/c1-11-6-7-13(9-15(11)18)16-20-12(2)8-14(21-16)10-19-17(3,4)5/h6-9,19H,10H2,1-5H3. The first-order chi connectivity index (χ1) is 9.74. The first-order valence-corrected chi connectivity index (χ1v) is 7.90. The molecule has 0 atom stereocenters. The Kier molecular flexibility index (Phi) is 4.79. The van der Waals surface area contributed by atoms with Crippen molar-refractivity contribution < 1.29 is 0 Å². The highest BCUT2D eigenvalue weighted by Crippen LogP contribution is 2.23. The largest absolute Gasteiger partial charge is 0.306 e. The molecule has 0 saturated heterocycles. The molecule has 0 aliphatic heterocycles. The lowest BCUT2D eigenvalue weighted by molar-refractivity contribution is 0.421. The summed E-state index contributed by atoms with van der Waals surface area (Å²) in [6.07, 6.45) is 0. The van der Waals surface area contributed by atoms with Crippen LogP contribution >= 0.6 is 15.9 Å². The lowest BCUT2D eigenvalue weighted by Crippen LogP contribution is -2.35. The fourth-order valence-corrected chi connectivity index (χ4v) is 2.32. The van der Waals surface area contributed by atoms with E-state index in [-0.39, 0.29) is 5.54 Å². The van der Waals surface area contributed by atoms with Crippen molar-refractivity contribution in [2.24, 2.45) is 0 Å². The molecule has 2 rings (SSSR count). The first kappa shape index (κ1) is 16.1. The number of nitrogens with zero attached hydrogens (tertiary/aromatic N) is 2. The molecule has 0 aliphatic rings. The minimum absolute atomic E-state index is 0.0753. The second-order valence-corrected chi connectivity index (χ2v) is 7.25. The van der Waals surface area contributed by atoms with Crippen molar-refractivity contribution in [3.8, 4) is 11.4 Å². The van der Waals surface area contributed by atoms with Crippen LogP contribution in [0.5, 0.6) is 0 Å². The SMILES string of the molecule is Cc1cc(CNC(C)(C)C)nc(-c2ccc(C)c(Br)c2)n1. The number of rotatable bonds is 3. The summed E-state index contributed by atoms with van der Waals surface area (Å²) in [6, 6.07) is 8.25. The minimum atomic E-state index is 0.0753. The van der Waals surface area contributed by atoms with Gasteiger partial charge in [0.05, 0.1) is 5.69 Å². The van der Waals surface area contributed by atoms with E-state index >= 15 is 0 Å². The van der Waals surface area contributed by atoms with Crippen molar-refractivity contribution in [3.05, 3.63) is 45.7 Å². The molecule has 0 spiro atoms. The normalized spacial score (nSPS) is 11.7. The fraction of sp³-hybridized carbons (Fsp3) is 0.412. The van der Waals surface area contributed by atoms with Crippen molar-refractivity contribution in [3.63, 3.8) is 0 Å². The average Bonchev–Trinajstić information content (AvgIpc) is 2.38. The van der Waals surface area contributed by atoms with Crippen LogP contribution in [0.4, 0.5) is 0 Å². The Morgan fingerprint density at radius 3 is 2.43 bits per heavy atom. The predicted molar refractivity (Wildman–Crippen MR) is 91.2 cm³/mol. The maximum absolute atomic E-state index is 4.68. The summed E-state index contributed by atoms with van der Waals surface area (Å²) in [6.45, 7) is 11.3. The highest BCUT2D eigenvalue weighted by molar-refractivity contribution is 9.10. The Labute approximate surface area is 135 Å². The van der Waals surface area contributed by atoms with Crippen LogP contribution < -0.4 is 5.32 Å². The number of benzene rings is 1. The van der Waals surface area contributed by atoms with Crippen molar-refractivity contribution in [2.45, 2.75) is 46.7 Å². The zero-order chi connectivity index (χ0) is 15.6. The van der Waals surface area contributed by atoms with Gasteiger partial charge in [-0.25, -0.2) is 9.97 Å². The second kappa shape index (κ2) is 6.24. The summed E-state index contributed by atoms with van der Waals surface area (Å²) < 4.78 is 1.08. The Hall–Kier alpha value is -1.26. The van der Waals surface area contributed by atoms with Gasteiger partial charge in [0.1, 0.15) is 0 Å². The Bertz CT molecular complexity index is 645. The topological polar surface area (TPSA) is 37.8 Å². The Balaban J connectivity index is 2.32. The Morgan fingerprint density at radius 2 is 1.81 bits per heavy atom. The molecule has 1 aromatic heterocycles. The monoisotopic (exact) mass is 347 g/mol. The van der Waals surface area contributed by atoms with Crippen molar-refractivity contribution in [1.82, 2.24) is 15.3 Å². The molecular formula is C17H22BrN3. The molecule has 21 heavy (non-hydrogen) atoms. The third-order valence-electron chi connectivity index (χ3n) is 3.14. The van der Waals surface area contributed by atoms with Gasteiger partial charge in [-0.1, -0.05) is 28.1 Å². The molecule has 1 heterocycles. The van der Waals surface area contributed by atoms with Crippen LogP contribution in [0.2, 0.25) is 0 Å². The summed E-state index contributed by atoms with van der Waals surface area (Å²) in [5, 5.41) is 3.47. The summed E-state index contributed by atoms with van der Waals surface area (Å²) >= 11 is 3.57. The molecule has 0 radical (unpaired) electrons. The summed E-state index contributed by atoms with van der Waals surface area (Å²) in [7, 11) is 0. The number of hydrogen-bond donors (Lipinski definition) is 1. The van der Waals surface area contributed by atoms with E-state index in [1.807, 2.05) is 13.0 Å². The van der Waals surface area contributed by atoms with E-state index in [0.717, 1.165) is 33.8 Å². The molecular weight excluding hydrogens is 326 g/mol. The summed E-state index contributed by atoms with van der Waals surface area (Å²) in [4.78, 5) is 9.24. The van der Waals surface area contributed by atoms with Gasteiger partial charge in [0.2, 0.25) is 0 Å². The second-order valence-electron chi connectivity index (χ2n) is 6.39. The molecule has 0 saturated carbocycles. The van der Waals surface area contributed by atoms with Gasteiger partial charge in [0, 0.05) is 27.8 Å². The summed E-state index contributed by atoms with van der Waals surface area (Å²) in [5.41, 5.74) is 4.33. The zero-order valence-electron chi connectivity index (χ0n) is 13.3. The van der Waals surface area contributed by atoms with Crippen LogP contribution in [-0.4, -0.2) is 15.5 Å². The van der Waals surface area contributed by atoms with Gasteiger partial charge in [-0.3, -0.25) is 0 Å². The molecule has 112 valence electrons. The van der Waals surface area contributed by atoms with E-state index in [2.05, 4.69) is 77.1 Å². The van der Waals surface area contributed by atoms with Gasteiger partial charge in [-0.05, 0) is 52.3 Å². The molecule has 0 aliphatic carbocycles. The van der Waals surface area contributed by atoms with Crippen LogP contribution in [0.1, 0.15) is 37.7 Å². The third kappa shape index (κ3) is 4.61. The van der Waals surface area contributed by atoms with Gasteiger partial charge in [0.15, 0.2) is 5.82 Å². The number of hydrogen-bond acceptors (Lipinski definition) is 3. The minimum Gasteiger partial charge on any atom is -0.306 e. The van der Waals surface area contributed by atoms with Crippen LogP contribution in [0, 0.1) is 13.8 Å². The summed E-state index contributed by atoms with van der Waals surface area (Å²) in [5.74, 6) is 0.779. The van der Waals surface area contributed by atoms with Crippen LogP contribution in [0.3, 0.4) is 0 Å². The van der Waals surface area contributed by atoms with Crippen molar-refractivity contribution >= 4 is 15.9 Å². The smallest absolute Gasteiger partial charge is 0.159 e. The molecule has 2 aromatic rings. The lowest BCUT2D eigenvalue weighted by Gasteiger charge is -2.20. The van der Waals surface area contributed by atoms with Gasteiger partial charge in [0.25, 0.3) is 0 Å². The van der Waals surface area contributed by atoms with E-state index in [1.54, 1.807) is 0 Å². The van der Waals surface area contributed by atoms with E-state index in [1.165, 1.54) is 5.56 Å². The van der Waals surface area contributed by atoms with Crippen LogP contribution in [0.15, 0.2) is 28.7 Å². The van der Waals surface area contributed by atoms with E-state index in [9.17, 15) is 0 Å². The quantitative estimate of drug-likeness (QED) is 0.893. The fourth-order valence-electron chi connectivity index (χ4n) is 1.94. The third-order valence-corrected chi connectivity index (χ3v) is 3.99. The molecule has 4 heteroatoms. The maximum Gasteiger partial charge on any atom is 0.159 e. The van der Waals surface area contributed by atoms with Crippen LogP contribution in [-0.2, 0) is 6.54 Å². The molecule has 0 unspecified atom stereocenters. The van der Waals surface area contributed by atoms with Gasteiger partial charge < -0.3 is 5.32 Å². The van der Waals surface area contributed by atoms with E-state index in [0.29, 0.717) is 0 Å². The van der Waals surface area contributed by atoms with E-state index < -0.39 is 0 Å². The van der Waals surface area contributed by atoms with Gasteiger partial charge in [-0.2, -0.15) is 0 Å². The number of aromatic nitrogens is 2. The molecule has 0 amide bonds. The van der Waals surface area contributed by atoms with Crippen LogP contribution in [0.25, 0.3) is 11.4 Å². The highest BCUT2D eigenvalue weighted by atomic mass is 79.9. The number of nitrogens with one attached hydrogen (secondary N) is 1. The molecule has 1 aromatic carbocycles. The number of aryl methyl sites for hydroxylation is 2. The maximum atomic E-state index is 4.68. The lowest BCUT2D eigenvalue weighted by atomic mass is 10.1. The molecule has 3 nitrogen and oxygen atoms in total. The molecule has 0 fully saturated rings.